The zero-order valence-corrected chi connectivity index (χ0v) is 8.74. The van der Waals surface area contributed by atoms with Crippen LogP contribution in [0.5, 0.6) is 0 Å². The van der Waals surface area contributed by atoms with E-state index in [0.29, 0.717) is 13.1 Å². The van der Waals surface area contributed by atoms with E-state index in [9.17, 15) is 9.59 Å². The molecule has 0 saturated carbocycles. The highest BCUT2D eigenvalue weighted by Gasteiger charge is 2.32. The number of esters is 1. The summed E-state index contributed by atoms with van der Waals surface area (Å²) in [6, 6.07) is -0.626. The topological polar surface area (TPSA) is 58.6 Å². The molecule has 1 heterocycles. The number of piperazine rings is 1. The molecule has 0 aliphatic carbocycles. The minimum Gasteiger partial charge on any atom is -0.468 e. The molecular weight excluding hydrogens is 184 g/mol. The second-order valence-electron chi connectivity index (χ2n) is 3.40. The molecule has 0 aromatic rings. The van der Waals surface area contributed by atoms with Gasteiger partial charge in [-0.2, -0.15) is 0 Å². The summed E-state index contributed by atoms with van der Waals surface area (Å²) in [6.45, 7) is 4.81. The molecule has 2 unspecified atom stereocenters. The van der Waals surface area contributed by atoms with Gasteiger partial charge in [0.15, 0.2) is 0 Å². The van der Waals surface area contributed by atoms with Crippen molar-refractivity contribution in [1.29, 1.82) is 0 Å². The highest BCUT2D eigenvalue weighted by Crippen LogP contribution is 2.09. The van der Waals surface area contributed by atoms with Gasteiger partial charge in [-0.15, -0.1) is 0 Å². The van der Waals surface area contributed by atoms with Crippen LogP contribution in [0.4, 0.5) is 0 Å². The summed E-state index contributed by atoms with van der Waals surface area (Å²) in [5.74, 6) is -0.335. The normalized spacial score (nSPS) is 25.4. The van der Waals surface area contributed by atoms with Crippen molar-refractivity contribution in [2.75, 3.05) is 20.2 Å². The lowest BCUT2D eigenvalue weighted by molar-refractivity contribution is -0.149. The zero-order valence-electron chi connectivity index (χ0n) is 8.74. The second kappa shape index (κ2) is 4.41. The maximum Gasteiger partial charge on any atom is 0.322 e. The Bertz CT molecular complexity index is 242. The number of nitrogens with zero attached hydrogens (tertiary/aromatic N) is 1. The van der Waals surface area contributed by atoms with Gasteiger partial charge in [0.25, 0.3) is 0 Å². The van der Waals surface area contributed by atoms with E-state index in [4.69, 9.17) is 0 Å². The lowest BCUT2D eigenvalue weighted by Gasteiger charge is -2.35. The van der Waals surface area contributed by atoms with Crippen LogP contribution < -0.4 is 5.32 Å². The molecule has 0 spiro atoms. The van der Waals surface area contributed by atoms with Crippen LogP contribution >= 0.6 is 0 Å². The summed E-state index contributed by atoms with van der Waals surface area (Å²) < 4.78 is 4.64. The third-order valence-corrected chi connectivity index (χ3v) is 2.59. The van der Waals surface area contributed by atoms with Crippen LogP contribution in [0.15, 0.2) is 0 Å². The van der Waals surface area contributed by atoms with E-state index in [1.807, 2.05) is 4.90 Å². The zero-order chi connectivity index (χ0) is 10.7. The van der Waals surface area contributed by atoms with Crippen LogP contribution in [-0.4, -0.2) is 49.1 Å². The van der Waals surface area contributed by atoms with Crippen molar-refractivity contribution in [3.63, 3.8) is 0 Å². The maximum atomic E-state index is 11.3. The Balaban J connectivity index is 2.66. The van der Waals surface area contributed by atoms with Gasteiger partial charge in [0.1, 0.15) is 6.04 Å². The van der Waals surface area contributed by atoms with E-state index in [1.165, 1.54) is 7.11 Å². The molecule has 1 amide bonds. The molecule has 1 aliphatic heterocycles. The lowest BCUT2D eigenvalue weighted by Crippen LogP contribution is -2.58. The Labute approximate surface area is 83.4 Å². The minimum atomic E-state index is -0.360. The first-order chi connectivity index (χ1) is 6.57. The minimum absolute atomic E-state index is 0.0352. The first-order valence-electron chi connectivity index (χ1n) is 4.69. The van der Waals surface area contributed by atoms with Gasteiger partial charge in [0.05, 0.1) is 13.2 Å². The fraction of sp³-hybridized carbons (Fsp3) is 0.778. The molecule has 1 rings (SSSR count). The van der Waals surface area contributed by atoms with Gasteiger partial charge >= 0.3 is 5.97 Å². The van der Waals surface area contributed by atoms with Gasteiger partial charge in [-0.1, -0.05) is 0 Å². The molecule has 2 atom stereocenters. The number of carbonyl (C=O) groups excluding carboxylic acids is 2. The molecule has 5 heteroatoms. The molecule has 0 aromatic carbocycles. The summed E-state index contributed by atoms with van der Waals surface area (Å²) >= 11 is 0. The van der Waals surface area contributed by atoms with Crippen molar-refractivity contribution >= 4 is 11.9 Å². The Hall–Kier alpha value is -1.10. The molecule has 1 aliphatic rings. The molecule has 1 fully saturated rings. The van der Waals surface area contributed by atoms with E-state index in [1.54, 1.807) is 13.8 Å². The average molecular weight is 200 g/mol. The Morgan fingerprint density at radius 3 is 2.93 bits per heavy atom. The molecule has 1 N–H and O–H groups in total. The highest BCUT2D eigenvalue weighted by atomic mass is 16.5. The number of hydrogen-bond donors (Lipinski definition) is 1. The first kappa shape index (κ1) is 11.0. The summed E-state index contributed by atoms with van der Waals surface area (Å²) in [5, 5.41) is 2.74. The SMILES string of the molecule is COC(=O)C(C)N1CCNC(=O)C1C. The predicted octanol–water partition coefficient (Wildman–Crippen LogP) is -0.632. The van der Waals surface area contributed by atoms with Gasteiger partial charge < -0.3 is 10.1 Å². The summed E-state index contributed by atoms with van der Waals surface area (Å²) in [5.41, 5.74) is 0. The standard InChI is InChI=1S/C9H16N2O3/c1-6-8(12)10-4-5-11(6)7(2)9(13)14-3/h6-7H,4-5H2,1-3H3,(H,10,12). The van der Waals surface area contributed by atoms with Crippen LogP contribution in [-0.2, 0) is 14.3 Å². The van der Waals surface area contributed by atoms with Crippen molar-refractivity contribution in [2.45, 2.75) is 25.9 Å². The van der Waals surface area contributed by atoms with Crippen molar-refractivity contribution in [3.05, 3.63) is 0 Å². The molecule has 14 heavy (non-hydrogen) atoms. The van der Waals surface area contributed by atoms with Gasteiger partial charge in [-0.25, -0.2) is 0 Å². The Kier molecular flexibility index (Phi) is 3.46. The number of amides is 1. The van der Waals surface area contributed by atoms with E-state index < -0.39 is 0 Å². The number of carbonyl (C=O) groups is 2. The Morgan fingerprint density at radius 1 is 1.71 bits per heavy atom. The molecule has 0 aromatic heterocycles. The van der Waals surface area contributed by atoms with Crippen LogP contribution in [0.25, 0.3) is 0 Å². The van der Waals surface area contributed by atoms with Crippen LogP contribution in [0.1, 0.15) is 13.8 Å². The molecule has 0 radical (unpaired) electrons. The number of hydrogen-bond acceptors (Lipinski definition) is 4. The average Bonchev–Trinajstić information content (AvgIpc) is 2.20. The summed E-state index contributed by atoms with van der Waals surface area (Å²) in [6.07, 6.45) is 0. The molecular formula is C9H16N2O3. The van der Waals surface area contributed by atoms with E-state index in [-0.39, 0.29) is 24.0 Å². The van der Waals surface area contributed by atoms with Crippen LogP contribution in [0, 0.1) is 0 Å². The number of nitrogens with one attached hydrogen (secondary N) is 1. The fourth-order valence-electron chi connectivity index (χ4n) is 1.64. The van der Waals surface area contributed by atoms with Crippen molar-refractivity contribution in [3.8, 4) is 0 Å². The third kappa shape index (κ3) is 2.04. The summed E-state index contributed by atoms with van der Waals surface area (Å²) in [4.78, 5) is 24.4. The highest BCUT2D eigenvalue weighted by molar-refractivity contribution is 5.83. The van der Waals surface area contributed by atoms with Gasteiger partial charge in [0, 0.05) is 13.1 Å². The monoisotopic (exact) mass is 200 g/mol. The van der Waals surface area contributed by atoms with Crippen molar-refractivity contribution in [2.24, 2.45) is 0 Å². The van der Waals surface area contributed by atoms with Crippen molar-refractivity contribution < 1.29 is 14.3 Å². The smallest absolute Gasteiger partial charge is 0.322 e. The van der Waals surface area contributed by atoms with E-state index in [2.05, 4.69) is 10.1 Å². The van der Waals surface area contributed by atoms with E-state index in [0.717, 1.165) is 0 Å². The van der Waals surface area contributed by atoms with Crippen LogP contribution in [0.3, 0.4) is 0 Å². The number of methoxy groups -OCH3 is 1. The fourth-order valence-corrected chi connectivity index (χ4v) is 1.64. The van der Waals surface area contributed by atoms with Gasteiger partial charge in [-0.05, 0) is 13.8 Å². The molecule has 5 nitrogen and oxygen atoms in total. The van der Waals surface area contributed by atoms with Crippen LogP contribution in [0.2, 0.25) is 0 Å². The maximum absolute atomic E-state index is 11.3. The molecule has 0 bridgehead atoms. The van der Waals surface area contributed by atoms with Gasteiger partial charge in [0.2, 0.25) is 5.91 Å². The third-order valence-electron chi connectivity index (χ3n) is 2.59. The van der Waals surface area contributed by atoms with Crippen molar-refractivity contribution in [1.82, 2.24) is 10.2 Å². The first-order valence-corrected chi connectivity index (χ1v) is 4.69. The summed E-state index contributed by atoms with van der Waals surface area (Å²) in [7, 11) is 1.35. The predicted molar refractivity (Wildman–Crippen MR) is 50.7 cm³/mol. The second-order valence-corrected chi connectivity index (χ2v) is 3.40. The quantitative estimate of drug-likeness (QED) is 0.603. The number of ether oxygens (including phenoxy) is 1. The van der Waals surface area contributed by atoms with E-state index >= 15 is 0 Å². The Morgan fingerprint density at radius 2 is 2.36 bits per heavy atom. The lowest BCUT2D eigenvalue weighted by atomic mass is 10.1. The molecule has 1 saturated heterocycles. The largest absolute Gasteiger partial charge is 0.468 e. The molecule has 80 valence electrons. The number of rotatable bonds is 2. The van der Waals surface area contributed by atoms with Gasteiger partial charge in [-0.3, -0.25) is 14.5 Å².